The molecule has 1 aliphatic rings. The highest BCUT2D eigenvalue weighted by atomic mass is 35.5. The van der Waals surface area contributed by atoms with Crippen molar-refractivity contribution in [2.24, 2.45) is 0 Å². The number of halogens is 3. The number of hydrogen-bond donors (Lipinski definition) is 1. The van der Waals surface area contributed by atoms with Crippen LogP contribution in [0, 0.1) is 11.6 Å². The number of piperidine rings is 1. The van der Waals surface area contributed by atoms with Crippen molar-refractivity contribution in [1.29, 1.82) is 0 Å². The van der Waals surface area contributed by atoms with E-state index in [0.29, 0.717) is 18.8 Å². The van der Waals surface area contributed by atoms with Gasteiger partial charge in [-0.3, -0.25) is 9.89 Å². The average Bonchev–Trinajstić information content (AvgIpc) is 3.04. The maximum atomic E-state index is 14.0. The van der Waals surface area contributed by atoms with Gasteiger partial charge >= 0.3 is 0 Å². The summed E-state index contributed by atoms with van der Waals surface area (Å²) < 4.78 is 27.5. The molecule has 8 heteroatoms. The van der Waals surface area contributed by atoms with E-state index in [1.165, 1.54) is 11.2 Å². The lowest BCUT2D eigenvalue weighted by molar-refractivity contribution is 0.0595. The molecule has 1 aliphatic heterocycles. The third-order valence-corrected chi connectivity index (χ3v) is 4.04. The normalized spacial score (nSPS) is 18.5. The van der Waals surface area contributed by atoms with Gasteiger partial charge in [-0.1, -0.05) is 11.6 Å². The number of nitrogens with zero attached hydrogens (tertiary/aromatic N) is 3. The lowest BCUT2D eigenvalue weighted by Crippen LogP contribution is -2.39. The Hall–Kier alpha value is -2.02. The second-order valence-corrected chi connectivity index (χ2v) is 5.53. The topological polar surface area (TPSA) is 61.9 Å². The van der Waals surface area contributed by atoms with Gasteiger partial charge in [-0.15, -0.1) is 0 Å². The van der Waals surface area contributed by atoms with Crippen molar-refractivity contribution in [3.63, 3.8) is 0 Å². The van der Waals surface area contributed by atoms with E-state index in [4.69, 9.17) is 11.6 Å². The first-order chi connectivity index (χ1) is 10.6. The van der Waals surface area contributed by atoms with Crippen molar-refractivity contribution in [2.75, 3.05) is 6.54 Å². The van der Waals surface area contributed by atoms with Crippen LogP contribution >= 0.6 is 11.6 Å². The number of benzene rings is 1. The molecule has 1 atom stereocenters. The lowest BCUT2D eigenvalue weighted by Gasteiger charge is -2.34. The second-order valence-electron chi connectivity index (χ2n) is 5.13. The Balaban J connectivity index is 1.94. The Bertz CT molecular complexity index is 692. The molecule has 1 amide bonds. The smallest absolute Gasteiger partial charge is 0.257 e. The number of likely N-dealkylation sites (tertiary alicyclic amines) is 1. The molecular formula is C14H13ClF2N4O. The SMILES string of the molecule is O=C(c1cc(F)c(Cl)cc1F)N1CCCC[C@H]1c1ncn[nH]1. The van der Waals surface area contributed by atoms with Crippen molar-refractivity contribution in [3.05, 3.63) is 46.5 Å². The first kappa shape index (κ1) is 14.9. The number of rotatable bonds is 2. The number of amides is 1. The van der Waals surface area contributed by atoms with Gasteiger partial charge < -0.3 is 4.90 Å². The summed E-state index contributed by atoms with van der Waals surface area (Å²) in [6.07, 6.45) is 3.77. The van der Waals surface area contributed by atoms with E-state index in [9.17, 15) is 13.6 Å². The summed E-state index contributed by atoms with van der Waals surface area (Å²) in [7, 11) is 0. The van der Waals surface area contributed by atoms with Crippen LogP contribution in [-0.4, -0.2) is 32.5 Å². The molecule has 2 heterocycles. The Morgan fingerprint density at radius 1 is 1.32 bits per heavy atom. The van der Waals surface area contributed by atoms with Gasteiger partial charge in [0.2, 0.25) is 0 Å². The summed E-state index contributed by atoms with van der Waals surface area (Å²) >= 11 is 5.52. The van der Waals surface area contributed by atoms with Crippen LogP contribution in [0.1, 0.15) is 41.5 Å². The van der Waals surface area contributed by atoms with Crippen molar-refractivity contribution in [2.45, 2.75) is 25.3 Å². The molecule has 3 rings (SSSR count). The van der Waals surface area contributed by atoms with Crippen LogP contribution in [0.25, 0.3) is 0 Å². The number of aromatic amines is 1. The average molecular weight is 327 g/mol. The molecule has 1 aromatic carbocycles. The summed E-state index contributed by atoms with van der Waals surface area (Å²) in [6, 6.07) is 1.34. The van der Waals surface area contributed by atoms with Gasteiger partial charge in [-0.05, 0) is 31.4 Å². The molecular weight excluding hydrogens is 314 g/mol. The zero-order valence-electron chi connectivity index (χ0n) is 11.5. The van der Waals surface area contributed by atoms with E-state index >= 15 is 0 Å². The highest BCUT2D eigenvalue weighted by Crippen LogP contribution is 2.31. The summed E-state index contributed by atoms with van der Waals surface area (Å²) in [5.41, 5.74) is -0.326. The van der Waals surface area contributed by atoms with E-state index in [1.54, 1.807) is 0 Å². The van der Waals surface area contributed by atoms with Crippen molar-refractivity contribution in [1.82, 2.24) is 20.1 Å². The fourth-order valence-electron chi connectivity index (χ4n) is 2.68. The number of carbonyl (C=O) groups excluding carboxylic acids is 1. The Morgan fingerprint density at radius 3 is 2.86 bits per heavy atom. The molecule has 0 spiro atoms. The third-order valence-electron chi connectivity index (χ3n) is 3.75. The number of aromatic nitrogens is 3. The second kappa shape index (κ2) is 6.00. The van der Waals surface area contributed by atoms with Crippen molar-refractivity contribution in [3.8, 4) is 0 Å². The summed E-state index contributed by atoms with van der Waals surface area (Å²) in [4.78, 5) is 18.2. The van der Waals surface area contributed by atoms with Crippen LogP contribution in [0.15, 0.2) is 18.5 Å². The Morgan fingerprint density at radius 2 is 2.14 bits per heavy atom. The minimum atomic E-state index is -0.835. The molecule has 0 bridgehead atoms. The number of nitrogens with one attached hydrogen (secondary N) is 1. The third kappa shape index (κ3) is 2.68. The fraction of sp³-hybridized carbons (Fsp3) is 0.357. The Kier molecular flexibility index (Phi) is 4.06. The predicted molar refractivity (Wildman–Crippen MR) is 75.4 cm³/mol. The van der Waals surface area contributed by atoms with Crippen LogP contribution in [0.3, 0.4) is 0 Å². The van der Waals surface area contributed by atoms with E-state index in [2.05, 4.69) is 15.2 Å². The summed E-state index contributed by atoms with van der Waals surface area (Å²) in [5, 5.41) is 6.17. The molecule has 0 saturated carbocycles. The molecule has 22 heavy (non-hydrogen) atoms. The summed E-state index contributed by atoms with van der Waals surface area (Å²) in [6.45, 7) is 0.452. The zero-order valence-corrected chi connectivity index (χ0v) is 12.3. The standard InChI is InChI=1S/C14H13ClF2N4O/c15-9-6-10(16)8(5-11(9)17)14(22)21-4-2-1-3-12(21)13-18-7-19-20-13/h5-7,12H,1-4H2,(H,18,19,20)/t12-/m0/s1. The van der Waals surface area contributed by atoms with Gasteiger partial charge in [0.15, 0.2) is 0 Å². The molecule has 1 saturated heterocycles. The van der Waals surface area contributed by atoms with Gasteiger partial charge in [0.25, 0.3) is 5.91 Å². The molecule has 116 valence electrons. The maximum Gasteiger partial charge on any atom is 0.257 e. The number of hydrogen-bond acceptors (Lipinski definition) is 3. The van der Waals surface area contributed by atoms with E-state index < -0.39 is 17.5 Å². The molecule has 1 aromatic heterocycles. The number of H-pyrrole nitrogens is 1. The van der Waals surface area contributed by atoms with Crippen LogP contribution in [0.5, 0.6) is 0 Å². The monoisotopic (exact) mass is 326 g/mol. The molecule has 2 aromatic rings. The fourth-order valence-corrected chi connectivity index (χ4v) is 2.83. The lowest BCUT2D eigenvalue weighted by atomic mass is 10.00. The van der Waals surface area contributed by atoms with Gasteiger partial charge in [-0.25, -0.2) is 13.8 Å². The van der Waals surface area contributed by atoms with Gasteiger partial charge in [-0.2, -0.15) is 5.10 Å². The minimum Gasteiger partial charge on any atom is -0.328 e. The van der Waals surface area contributed by atoms with Gasteiger partial charge in [0.1, 0.15) is 23.8 Å². The first-order valence-electron chi connectivity index (χ1n) is 6.88. The van der Waals surface area contributed by atoms with Gasteiger partial charge in [0, 0.05) is 6.54 Å². The molecule has 1 N–H and O–H groups in total. The quantitative estimate of drug-likeness (QED) is 0.863. The van der Waals surface area contributed by atoms with E-state index in [-0.39, 0.29) is 16.6 Å². The van der Waals surface area contributed by atoms with Crippen LogP contribution in [0.4, 0.5) is 8.78 Å². The maximum absolute atomic E-state index is 14.0. The molecule has 5 nitrogen and oxygen atoms in total. The largest absolute Gasteiger partial charge is 0.328 e. The van der Waals surface area contributed by atoms with Gasteiger partial charge in [0.05, 0.1) is 16.6 Å². The van der Waals surface area contributed by atoms with Crippen molar-refractivity contribution >= 4 is 17.5 Å². The van der Waals surface area contributed by atoms with Crippen LogP contribution in [-0.2, 0) is 0 Å². The molecule has 0 radical (unpaired) electrons. The van der Waals surface area contributed by atoms with E-state index in [0.717, 1.165) is 25.0 Å². The number of carbonyl (C=O) groups is 1. The molecule has 0 aliphatic carbocycles. The summed E-state index contributed by atoms with van der Waals surface area (Å²) in [5.74, 6) is -1.69. The van der Waals surface area contributed by atoms with Crippen LogP contribution < -0.4 is 0 Å². The first-order valence-corrected chi connectivity index (χ1v) is 7.26. The predicted octanol–water partition coefficient (Wildman–Crippen LogP) is 3.10. The molecule has 1 fully saturated rings. The molecule has 0 unspecified atom stereocenters. The minimum absolute atomic E-state index is 0.318. The highest BCUT2D eigenvalue weighted by molar-refractivity contribution is 6.30. The van der Waals surface area contributed by atoms with Crippen LogP contribution in [0.2, 0.25) is 5.02 Å². The zero-order chi connectivity index (χ0) is 15.7. The Labute approximate surface area is 130 Å². The van der Waals surface area contributed by atoms with E-state index in [1.807, 2.05) is 0 Å². The van der Waals surface area contributed by atoms with Crippen molar-refractivity contribution < 1.29 is 13.6 Å². The highest BCUT2D eigenvalue weighted by Gasteiger charge is 2.32.